The Morgan fingerprint density at radius 3 is 2.20 bits per heavy atom. The highest BCUT2D eigenvalue weighted by molar-refractivity contribution is 9.10. The molecule has 1 heterocycles. The quantitative estimate of drug-likeness (QED) is 0.802. The van der Waals surface area contributed by atoms with Crippen molar-refractivity contribution in [1.82, 2.24) is 4.90 Å². The van der Waals surface area contributed by atoms with Gasteiger partial charge >= 0.3 is 0 Å². The Balaban J connectivity index is 1.65. The summed E-state index contributed by atoms with van der Waals surface area (Å²) in [4.78, 5) is 14.2. The molecule has 2 aromatic rings. The van der Waals surface area contributed by atoms with Gasteiger partial charge in [0.15, 0.2) is 0 Å². The van der Waals surface area contributed by atoms with Crippen LogP contribution in [0.25, 0.3) is 0 Å². The molecule has 0 bridgehead atoms. The van der Waals surface area contributed by atoms with Crippen molar-refractivity contribution in [3.63, 3.8) is 0 Å². The number of carbonyl (C=O) groups is 1. The highest BCUT2D eigenvalue weighted by Gasteiger charge is 2.18. The molecule has 0 spiro atoms. The molecule has 0 radical (unpaired) electrons. The van der Waals surface area contributed by atoms with Crippen molar-refractivity contribution in [2.75, 3.05) is 17.8 Å². The van der Waals surface area contributed by atoms with Gasteiger partial charge < -0.3 is 4.90 Å². The first kappa shape index (κ1) is 17.9. The van der Waals surface area contributed by atoms with Crippen LogP contribution in [0.3, 0.4) is 0 Å². The summed E-state index contributed by atoms with van der Waals surface area (Å²) >= 11 is 3.28. The predicted molar refractivity (Wildman–Crippen MR) is 101 cm³/mol. The second-order valence-electron chi connectivity index (χ2n) is 6.02. The fourth-order valence-electron chi connectivity index (χ4n) is 2.77. The molecule has 2 aromatic carbocycles. The summed E-state index contributed by atoms with van der Waals surface area (Å²) in [5.41, 5.74) is 1.35. The molecule has 7 heteroatoms. The summed E-state index contributed by atoms with van der Waals surface area (Å²) in [6.45, 7) is 1.67. The molecular formula is C18H19BrN2O3S. The Kier molecular flexibility index (Phi) is 5.44. The highest BCUT2D eigenvalue weighted by atomic mass is 79.9. The molecule has 1 fully saturated rings. The van der Waals surface area contributed by atoms with Crippen LogP contribution in [0.5, 0.6) is 0 Å². The Morgan fingerprint density at radius 2 is 1.60 bits per heavy atom. The van der Waals surface area contributed by atoms with Crippen LogP contribution in [0.1, 0.15) is 18.4 Å². The lowest BCUT2D eigenvalue weighted by atomic mass is 10.1. The van der Waals surface area contributed by atoms with Crippen molar-refractivity contribution in [1.29, 1.82) is 0 Å². The van der Waals surface area contributed by atoms with Crippen LogP contribution in [0.2, 0.25) is 0 Å². The Labute approximate surface area is 156 Å². The molecule has 1 saturated heterocycles. The van der Waals surface area contributed by atoms with Crippen molar-refractivity contribution >= 4 is 37.5 Å². The lowest BCUT2D eigenvalue weighted by molar-refractivity contribution is -0.129. The molecule has 0 saturated carbocycles. The van der Waals surface area contributed by atoms with Gasteiger partial charge in [-0.3, -0.25) is 9.52 Å². The molecule has 1 aliphatic rings. The monoisotopic (exact) mass is 422 g/mol. The van der Waals surface area contributed by atoms with E-state index in [9.17, 15) is 13.2 Å². The second-order valence-corrected chi connectivity index (χ2v) is 8.62. The number of rotatable bonds is 5. The zero-order valence-electron chi connectivity index (χ0n) is 13.6. The number of hydrogen-bond donors (Lipinski definition) is 1. The number of amides is 1. The molecule has 3 rings (SSSR count). The minimum absolute atomic E-state index is 0.126. The van der Waals surface area contributed by atoms with Gasteiger partial charge in [-0.05, 0) is 54.8 Å². The van der Waals surface area contributed by atoms with E-state index in [2.05, 4.69) is 20.7 Å². The minimum Gasteiger partial charge on any atom is -0.342 e. The first-order chi connectivity index (χ1) is 11.9. The van der Waals surface area contributed by atoms with Crippen molar-refractivity contribution in [3.05, 3.63) is 58.6 Å². The topological polar surface area (TPSA) is 66.5 Å². The van der Waals surface area contributed by atoms with Crippen LogP contribution in [0.15, 0.2) is 57.9 Å². The molecule has 0 aromatic heterocycles. The number of benzene rings is 2. The van der Waals surface area contributed by atoms with Crippen LogP contribution in [-0.2, 0) is 21.2 Å². The summed E-state index contributed by atoms with van der Waals surface area (Å²) < 4.78 is 28.1. The van der Waals surface area contributed by atoms with Gasteiger partial charge in [0.2, 0.25) is 5.91 Å². The van der Waals surface area contributed by atoms with Crippen LogP contribution in [0.4, 0.5) is 5.69 Å². The molecule has 1 aliphatic heterocycles. The van der Waals surface area contributed by atoms with Crippen LogP contribution >= 0.6 is 15.9 Å². The van der Waals surface area contributed by atoms with E-state index < -0.39 is 10.0 Å². The number of anilines is 1. The van der Waals surface area contributed by atoms with E-state index >= 15 is 0 Å². The first-order valence-corrected chi connectivity index (χ1v) is 10.4. The Morgan fingerprint density at radius 1 is 1.00 bits per heavy atom. The molecule has 0 unspecified atom stereocenters. The number of likely N-dealkylation sites (tertiary alicyclic amines) is 1. The van der Waals surface area contributed by atoms with E-state index in [4.69, 9.17) is 0 Å². The lowest BCUT2D eigenvalue weighted by Gasteiger charge is -2.15. The van der Waals surface area contributed by atoms with Crippen molar-refractivity contribution in [3.8, 4) is 0 Å². The van der Waals surface area contributed by atoms with Crippen LogP contribution in [0, 0.1) is 0 Å². The van der Waals surface area contributed by atoms with Crippen molar-refractivity contribution < 1.29 is 13.2 Å². The molecule has 132 valence electrons. The third-order valence-electron chi connectivity index (χ3n) is 4.14. The van der Waals surface area contributed by atoms with E-state index in [0.717, 1.165) is 36.0 Å². The molecule has 1 N–H and O–H groups in total. The van der Waals surface area contributed by atoms with E-state index in [0.29, 0.717) is 12.1 Å². The van der Waals surface area contributed by atoms with E-state index in [1.807, 2.05) is 4.90 Å². The van der Waals surface area contributed by atoms with E-state index in [-0.39, 0.29) is 10.8 Å². The van der Waals surface area contributed by atoms with Crippen LogP contribution in [-0.4, -0.2) is 32.3 Å². The van der Waals surface area contributed by atoms with Gasteiger partial charge in [0.25, 0.3) is 10.0 Å². The largest absolute Gasteiger partial charge is 0.342 e. The molecule has 1 amide bonds. The number of carbonyl (C=O) groups excluding carboxylic acids is 1. The molecule has 25 heavy (non-hydrogen) atoms. The number of nitrogens with zero attached hydrogens (tertiary/aromatic N) is 1. The second kappa shape index (κ2) is 7.58. The average Bonchev–Trinajstić information content (AvgIpc) is 3.11. The van der Waals surface area contributed by atoms with Gasteiger partial charge in [-0.2, -0.15) is 0 Å². The molecule has 5 nitrogen and oxygen atoms in total. The number of halogens is 1. The Bertz CT molecular complexity index is 843. The first-order valence-electron chi connectivity index (χ1n) is 8.09. The third kappa shape index (κ3) is 4.61. The van der Waals surface area contributed by atoms with Gasteiger partial charge in [0.1, 0.15) is 0 Å². The zero-order valence-corrected chi connectivity index (χ0v) is 16.0. The smallest absolute Gasteiger partial charge is 0.261 e. The van der Waals surface area contributed by atoms with Gasteiger partial charge in [-0.25, -0.2) is 8.42 Å². The van der Waals surface area contributed by atoms with Gasteiger partial charge in [-0.15, -0.1) is 0 Å². The van der Waals surface area contributed by atoms with Gasteiger partial charge in [-0.1, -0.05) is 28.1 Å². The molecule has 0 atom stereocenters. The summed E-state index contributed by atoms with van der Waals surface area (Å²) in [5.74, 6) is 0.126. The van der Waals surface area contributed by atoms with Crippen molar-refractivity contribution in [2.45, 2.75) is 24.2 Å². The minimum atomic E-state index is -3.63. The SMILES string of the molecule is O=C(Cc1ccc(NS(=O)(=O)c2ccc(Br)cc2)cc1)N1CCCC1. The maximum atomic E-state index is 12.4. The predicted octanol–water partition coefficient (Wildman–Crippen LogP) is 3.41. The van der Waals surface area contributed by atoms with Gasteiger partial charge in [0, 0.05) is 23.2 Å². The Hall–Kier alpha value is -1.86. The maximum absolute atomic E-state index is 12.4. The number of hydrogen-bond acceptors (Lipinski definition) is 3. The number of nitrogens with one attached hydrogen (secondary N) is 1. The van der Waals surface area contributed by atoms with Gasteiger partial charge in [0.05, 0.1) is 11.3 Å². The normalized spacial score (nSPS) is 14.5. The highest BCUT2D eigenvalue weighted by Crippen LogP contribution is 2.19. The zero-order chi connectivity index (χ0) is 17.9. The van der Waals surface area contributed by atoms with E-state index in [1.165, 1.54) is 12.1 Å². The summed E-state index contributed by atoms with van der Waals surface area (Å²) in [7, 11) is -3.63. The summed E-state index contributed by atoms with van der Waals surface area (Å²) in [6, 6.07) is 13.4. The summed E-state index contributed by atoms with van der Waals surface area (Å²) in [6.07, 6.45) is 2.49. The standard InChI is InChI=1S/C18H19BrN2O3S/c19-15-5-9-17(10-6-15)25(23,24)20-16-7-3-14(4-8-16)13-18(22)21-11-1-2-12-21/h3-10,20H,1-2,11-13H2. The van der Waals surface area contributed by atoms with Crippen molar-refractivity contribution in [2.24, 2.45) is 0 Å². The third-order valence-corrected chi connectivity index (χ3v) is 6.07. The maximum Gasteiger partial charge on any atom is 0.261 e. The molecular weight excluding hydrogens is 404 g/mol. The fraction of sp³-hybridized carbons (Fsp3) is 0.278. The average molecular weight is 423 g/mol. The van der Waals surface area contributed by atoms with Crippen LogP contribution < -0.4 is 4.72 Å². The lowest BCUT2D eigenvalue weighted by Crippen LogP contribution is -2.29. The van der Waals surface area contributed by atoms with E-state index in [1.54, 1.807) is 36.4 Å². The summed E-state index contributed by atoms with van der Waals surface area (Å²) in [5, 5.41) is 0. The fourth-order valence-corrected chi connectivity index (χ4v) is 4.09. The molecule has 0 aliphatic carbocycles. The number of sulfonamides is 1.